The summed E-state index contributed by atoms with van der Waals surface area (Å²) in [6.07, 6.45) is 7.99. The molecule has 4 nitrogen and oxygen atoms in total. The summed E-state index contributed by atoms with van der Waals surface area (Å²) in [7, 11) is 0. The Morgan fingerprint density at radius 2 is 1.67 bits per heavy atom. The third-order valence-corrected chi connectivity index (χ3v) is 3.56. The van der Waals surface area contributed by atoms with Gasteiger partial charge in [0.2, 0.25) is 5.96 Å². The van der Waals surface area contributed by atoms with Crippen molar-refractivity contribution in [2.75, 3.05) is 0 Å². The maximum atomic E-state index is 5.49. The van der Waals surface area contributed by atoms with Gasteiger partial charge in [0.1, 0.15) is 0 Å². The largest absolute Gasteiger partial charge is 0.352 e. The maximum absolute atomic E-state index is 5.49. The van der Waals surface area contributed by atoms with E-state index in [2.05, 4.69) is 15.7 Å². The summed E-state index contributed by atoms with van der Waals surface area (Å²) in [6, 6.07) is 1.17. The van der Waals surface area contributed by atoms with Crippen LogP contribution in [-0.4, -0.2) is 18.0 Å². The normalized spacial score (nSPS) is 26.9. The molecule has 0 radical (unpaired) electrons. The van der Waals surface area contributed by atoms with Crippen molar-refractivity contribution in [3.8, 4) is 0 Å². The van der Waals surface area contributed by atoms with Crippen LogP contribution >= 0.6 is 0 Å². The molecule has 3 aliphatic carbocycles. The Balaban J connectivity index is 1.59. The average Bonchev–Trinajstić information content (AvgIpc) is 3.12. The van der Waals surface area contributed by atoms with Crippen LogP contribution < -0.4 is 16.6 Å². The molecule has 0 aromatic heterocycles. The van der Waals surface area contributed by atoms with Crippen molar-refractivity contribution in [3.63, 3.8) is 0 Å². The SMILES string of the molecule is NNC(=NC1CC1)NC(C1CC1)C1CC1. The van der Waals surface area contributed by atoms with Crippen molar-refractivity contribution in [2.45, 2.75) is 50.6 Å². The Kier molecular flexibility index (Phi) is 2.31. The van der Waals surface area contributed by atoms with Gasteiger partial charge < -0.3 is 5.32 Å². The molecule has 0 aliphatic heterocycles. The van der Waals surface area contributed by atoms with Gasteiger partial charge in [-0.15, -0.1) is 0 Å². The topological polar surface area (TPSA) is 62.4 Å². The monoisotopic (exact) mass is 208 g/mol. The van der Waals surface area contributed by atoms with Crippen LogP contribution in [0.4, 0.5) is 0 Å². The molecule has 3 fully saturated rings. The van der Waals surface area contributed by atoms with E-state index in [9.17, 15) is 0 Å². The van der Waals surface area contributed by atoms with Crippen molar-refractivity contribution in [1.29, 1.82) is 0 Å². The van der Waals surface area contributed by atoms with E-state index in [4.69, 9.17) is 5.84 Å². The van der Waals surface area contributed by atoms with Gasteiger partial charge in [-0.1, -0.05) is 0 Å². The number of nitrogens with zero attached hydrogens (tertiary/aromatic N) is 1. The molecule has 0 amide bonds. The van der Waals surface area contributed by atoms with Crippen LogP contribution in [-0.2, 0) is 0 Å². The minimum atomic E-state index is 0.530. The first-order valence-corrected chi connectivity index (χ1v) is 6.18. The second-order valence-electron chi connectivity index (χ2n) is 5.20. The fourth-order valence-electron chi connectivity index (χ4n) is 2.19. The Hall–Kier alpha value is -0.770. The first-order chi connectivity index (χ1) is 7.36. The first-order valence-electron chi connectivity index (χ1n) is 6.18. The number of aliphatic imine (C=N–C) groups is 1. The van der Waals surface area contributed by atoms with Crippen LogP contribution in [0.1, 0.15) is 38.5 Å². The van der Waals surface area contributed by atoms with E-state index in [-0.39, 0.29) is 0 Å². The fourth-order valence-corrected chi connectivity index (χ4v) is 2.19. The Labute approximate surface area is 90.7 Å². The zero-order valence-corrected chi connectivity index (χ0v) is 9.08. The lowest BCUT2D eigenvalue weighted by Crippen LogP contribution is -2.48. The zero-order chi connectivity index (χ0) is 10.3. The molecule has 84 valence electrons. The minimum Gasteiger partial charge on any atom is -0.352 e. The van der Waals surface area contributed by atoms with Gasteiger partial charge in [0.05, 0.1) is 6.04 Å². The lowest BCUT2D eigenvalue weighted by molar-refractivity contribution is 0.475. The van der Waals surface area contributed by atoms with E-state index < -0.39 is 0 Å². The molecule has 0 spiro atoms. The summed E-state index contributed by atoms with van der Waals surface area (Å²) in [4.78, 5) is 4.54. The lowest BCUT2D eigenvalue weighted by atomic mass is 10.1. The number of nitrogens with one attached hydrogen (secondary N) is 2. The highest BCUT2D eigenvalue weighted by Gasteiger charge is 2.42. The molecule has 3 aliphatic rings. The highest BCUT2D eigenvalue weighted by atomic mass is 15.3. The smallest absolute Gasteiger partial charge is 0.206 e. The van der Waals surface area contributed by atoms with Gasteiger partial charge >= 0.3 is 0 Å². The highest BCUT2D eigenvalue weighted by molar-refractivity contribution is 5.80. The van der Waals surface area contributed by atoms with E-state index in [0.29, 0.717) is 12.1 Å². The number of guanidine groups is 1. The van der Waals surface area contributed by atoms with Crippen LogP contribution in [0.3, 0.4) is 0 Å². The van der Waals surface area contributed by atoms with Crippen LogP contribution in [0.15, 0.2) is 4.99 Å². The number of hydrazine groups is 1. The molecule has 0 aromatic rings. The molecule has 15 heavy (non-hydrogen) atoms. The van der Waals surface area contributed by atoms with Gasteiger partial charge in [0.15, 0.2) is 0 Å². The second kappa shape index (κ2) is 3.67. The quantitative estimate of drug-likeness (QED) is 0.276. The molecule has 3 rings (SSSR count). The average molecular weight is 208 g/mol. The number of nitrogens with two attached hydrogens (primary N) is 1. The molecule has 0 heterocycles. The van der Waals surface area contributed by atoms with Crippen LogP contribution in [0, 0.1) is 11.8 Å². The predicted octanol–water partition coefficient (Wildman–Crippen LogP) is 0.746. The second-order valence-corrected chi connectivity index (χ2v) is 5.20. The molecule has 0 aromatic carbocycles. The summed E-state index contributed by atoms with van der Waals surface area (Å²) in [5, 5.41) is 3.51. The van der Waals surface area contributed by atoms with Gasteiger partial charge in [-0.2, -0.15) is 0 Å². The summed E-state index contributed by atoms with van der Waals surface area (Å²) in [6.45, 7) is 0. The third kappa shape index (κ3) is 2.43. The molecular weight excluding hydrogens is 188 g/mol. The van der Waals surface area contributed by atoms with Gasteiger partial charge in [-0.3, -0.25) is 5.43 Å². The number of rotatable bonds is 4. The van der Waals surface area contributed by atoms with Crippen molar-refractivity contribution < 1.29 is 0 Å². The van der Waals surface area contributed by atoms with Crippen molar-refractivity contribution >= 4 is 5.96 Å². The molecule has 0 unspecified atom stereocenters. The van der Waals surface area contributed by atoms with Gasteiger partial charge in [-0.05, 0) is 50.4 Å². The molecule has 0 atom stereocenters. The summed E-state index contributed by atoms with van der Waals surface area (Å²) in [5.74, 6) is 8.08. The predicted molar refractivity (Wildman–Crippen MR) is 60.2 cm³/mol. The molecule has 4 heteroatoms. The van der Waals surface area contributed by atoms with Gasteiger partial charge in [-0.25, -0.2) is 10.8 Å². The van der Waals surface area contributed by atoms with Crippen LogP contribution in [0.2, 0.25) is 0 Å². The fraction of sp³-hybridized carbons (Fsp3) is 0.909. The molecule has 0 saturated heterocycles. The Morgan fingerprint density at radius 3 is 2.07 bits per heavy atom. The minimum absolute atomic E-state index is 0.530. The van der Waals surface area contributed by atoms with E-state index >= 15 is 0 Å². The van der Waals surface area contributed by atoms with E-state index in [1.54, 1.807) is 0 Å². The molecule has 4 N–H and O–H groups in total. The van der Waals surface area contributed by atoms with E-state index in [0.717, 1.165) is 17.8 Å². The standard InChI is InChI=1S/C11H20N4/c12-15-11(13-9-5-6-9)14-10(7-1-2-7)8-3-4-8/h7-10H,1-6,12H2,(H2,13,14,15). The first kappa shape index (κ1) is 9.46. The van der Waals surface area contributed by atoms with Gasteiger partial charge in [0.25, 0.3) is 0 Å². The summed E-state index contributed by atoms with van der Waals surface area (Å²) < 4.78 is 0. The Morgan fingerprint density at radius 1 is 1.07 bits per heavy atom. The number of hydrogen-bond acceptors (Lipinski definition) is 2. The Bertz CT molecular complexity index is 252. The van der Waals surface area contributed by atoms with Crippen molar-refractivity contribution in [1.82, 2.24) is 10.7 Å². The summed E-state index contributed by atoms with van der Waals surface area (Å²) in [5.41, 5.74) is 2.71. The lowest BCUT2D eigenvalue weighted by Gasteiger charge is -2.19. The third-order valence-electron chi connectivity index (χ3n) is 3.56. The summed E-state index contributed by atoms with van der Waals surface area (Å²) >= 11 is 0. The number of hydrogen-bond donors (Lipinski definition) is 3. The zero-order valence-electron chi connectivity index (χ0n) is 9.08. The van der Waals surface area contributed by atoms with Crippen molar-refractivity contribution in [3.05, 3.63) is 0 Å². The molecule has 3 saturated carbocycles. The molecular formula is C11H20N4. The van der Waals surface area contributed by atoms with E-state index in [1.165, 1.54) is 38.5 Å². The maximum Gasteiger partial charge on any atom is 0.206 e. The van der Waals surface area contributed by atoms with Crippen LogP contribution in [0.5, 0.6) is 0 Å². The van der Waals surface area contributed by atoms with E-state index in [1.807, 2.05) is 0 Å². The van der Waals surface area contributed by atoms with Crippen molar-refractivity contribution in [2.24, 2.45) is 22.7 Å². The van der Waals surface area contributed by atoms with Gasteiger partial charge in [0, 0.05) is 6.04 Å². The highest BCUT2D eigenvalue weighted by Crippen LogP contribution is 2.44. The molecule has 0 bridgehead atoms. The van der Waals surface area contributed by atoms with Crippen LogP contribution in [0.25, 0.3) is 0 Å².